The van der Waals surface area contributed by atoms with Gasteiger partial charge in [0.1, 0.15) is 16.6 Å². The van der Waals surface area contributed by atoms with Crippen LogP contribution in [-0.2, 0) is 11.2 Å². The summed E-state index contributed by atoms with van der Waals surface area (Å²) in [5, 5.41) is 39.0. The van der Waals surface area contributed by atoms with Gasteiger partial charge in [0.25, 0.3) is 5.91 Å². The van der Waals surface area contributed by atoms with Gasteiger partial charge in [0.2, 0.25) is 5.13 Å². The van der Waals surface area contributed by atoms with Gasteiger partial charge in [-0.05, 0) is 30.2 Å². The second-order valence-corrected chi connectivity index (χ2v) is 5.29. The van der Waals surface area contributed by atoms with Gasteiger partial charge >= 0.3 is 0 Å². The van der Waals surface area contributed by atoms with E-state index in [0.29, 0.717) is 17.1 Å². The molecule has 0 aliphatic carbocycles. The molecule has 1 heterocycles. The van der Waals surface area contributed by atoms with E-state index in [1.807, 2.05) is 6.92 Å². The number of aryl methyl sites for hydroxylation is 1. The number of anilines is 1. The first-order valence-electron chi connectivity index (χ1n) is 6.31. The van der Waals surface area contributed by atoms with Crippen molar-refractivity contribution in [2.45, 2.75) is 13.3 Å². The third kappa shape index (κ3) is 3.59. The molecule has 2 aromatic rings. The van der Waals surface area contributed by atoms with Crippen molar-refractivity contribution in [1.82, 2.24) is 10.2 Å². The van der Waals surface area contributed by atoms with Gasteiger partial charge in [-0.2, -0.15) is 5.26 Å². The van der Waals surface area contributed by atoms with Crippen molar-refractivity contribution in [2.24, 2.45) is 0 Å². The number of carbonyl (C=O) groups excluding carboxylic acids is 1. The third-order valence-electron chi connectivity index (χ3n) is 2.67. The zero-order valence-corrected chi connectivity index (χ0v) is 12.4. The predicted octanol–water partition coefficient (Wildman–Crippen LogP) is 2.06. The van der Waals surface area contributed by atoms with Crippen molar-refractivity contribution in [2.75, 3.05) is 5.32 Å². The quantitative estimate of drug-likeness (QED) is 0.451. The van der Waals surface area contributed by atoms with Gasteiger partial charge in [-0.1, -0.05) is 24.3 Å². The van der Waals surface area contributed by atoms with Crippen LogP contribution in [0.3, 0.4) is 0 Å². The lowest BCUT2D eigenvalue weighted by Gasteiger charge is -2.01. The number of benzene rings is 1. The van der Waals surface area contributed by atoms with E-state index < -0.39 is 5.91 Å². The lowest BCUT2D eigenvalue weighted by Crippen LogP contribution is -2.13. The van der Waals surface area contributed by atoms with Crippen molar-refractivity contribution in [3.63, 3.8) is 0 Å². The number of phenolic OH excluding ortho intramolecular Hbond substituents is 2. The largest absolute Gasteiger partial charge is 0.504 e. The van der Waals surface area contributed by atoms with Gasteiger partial charge in [0, 0.05) is 0 Å². The fourth-order valence-electron chi connectivity index (χ4n) is 1.56. The van der Waals surface area contributed by atoms with Crippen molar-refractivity contribution in [3.8, 4) is 17.6 Å². The van der Waals surface area contributed by atoms with Gasteiger partial charge < -0.3 is 10.2 Å². The van der Waals surface area contributed by atoms with Gasteiger partial charge in [0.15, 0.2) is 11.5 Å². The Kier molecular flexibility index (Phi) is 4.70. The molecule has 2 rings (SSSR count). The Labute approximate surface area is 130 Å². The van der Waals surface area contributed by atoms with Gasteiger partial charge in [-0.3, -0.25) is 10.1 Å². The van der Waals surface area contributed by atoms with Crippen LogP contribution in [0.1, 0.15) is 17.5 Å². The number of aromatic hydroxyl groups is 2. The first-order valence-corrected chi connectivity index (χ1v) is 7.12. The summed E-state index contributed by atoms with van der Waals surface area (Å²) in [6.45, 7) is 1.92. The number of aromatic nitrogens is 2. The Bertz CT molecular complexity index is 777. The van der Waals surface area contributed by atoms with Crippen LogP contribution in [0.5, 0.6) is 11.5 Å². The summed E-state index contributed by atoms with van der Waals surface area (Å²) in [4.78, 5) is 12.0. The molecule has 0 radical (unpaired) electrons. The van der Waals surface area contributed by atoms with Crippen LogP contribution < -0.4 is 5.32 Å². The SMILES string of the molecule is CCc1nnc(NC(=O)C(C#N)=Cc2ccc(O)c(O)c2)s1. The molecule has 112 valence electrons. The van der Waals surface area contributed by atoms with Crippen LogP contribution in [0, 0.1) is 11.3 Å². The van der Waals surface area contributed by atoms with Crippen molar-refractivity contribution in [3.05, 3.63) is 34.3 Å². The Morgan fingerprint density at radius 1 is 1.41 bits per heavy atom. The monoisotopic (exact) mass is 316 g/mol. The molecule has 0 saturated carbocycles. The lowest BCUT2D eigenvalue weighted by molar-refractivity contribution is -0.112. The van der Waals surface area contributed by atoms with E-state index in [-0.39, 0.29) is 17.1 Å². The highest BCUT2D eigenvalue weighted by Gasteiger charge is 2.12. The van der Waals surface area contributed by atoms with E-state index in [1.54, 1.807) is 6.07 Å². The molecular weight excluding hydrogens is 304 g/mol. The molecule has 22 heavy (non-hydrogen) atoms. The maximum atomic E-state index is 12.0. The maximum Gasteiger partial charge on any atom is 0.268 e. The highest BCUT2D eigenvalue weighted by Crippen LogP contribution is 2.26. The van der Waals surface area contributed by atoms with Crippen LogP contribution in [0.15, 0.2) is 23.8 Å². The number of phenols is 2. The smallest absolute Gasteiger partial charge is 0.268 e. The zero-order valence-electron chi connectivity index (χ0n) is 11.6. The lowest BCUT2D eigenvalue weighted by atomic mass is 10.1. The van der Waals surface area contributed by atoms with Crippen LogP contribution in [-0.4, -0.2) is 26.3 Å². The highest BCUT2D eigenvalue weighted by atomic mass is 32.1. The van der Waals surface area contributed by atoms with Gasteiger partial charge in [-0.25, -0.2) is 0 Å². The van der Waals surface area contributed by atoms with Gasteiger partial charge in [0.05, 0.1) is 0 Å². The molecule has 3 N–H and O–H groups in total. The number of rotatable bonds is 4. The van der Waals surface area contributed by atoms with Crippen LogP contribution in [0.2, 0.25) is 0 Å². The predicted molar refractivity (Wildman–Crippen MR) is 81.3 cm³/mol. The molecule has 0 unspecified atom stereocenters. The summed E-state index contributed by atoms with van der Waals surface area (Å²) in [5.41, 5.74) is 0.256. The summed E-state index contributed by atoms with van der Waals surface area (Å²) in [6, 6.07) is 5.78. The molecular formula is C14H12N4O3S. The van der Waals surface area contributed by atoms with E-state index in [9.17, 15) is 15.0 Å². The molecule has 0 spiro atoms. The number of carbonyl (C=O) groups is 1. The second-order valence-electron chi connectivity index (χ2n) is 4.23. The number of nitrogens with one attached hydrogen (secondary N) is 1. The van der Waals surface area contributed by atoms with E-state index in [4.69, 9.17) is 5.26 Å². The normalized spacial score (nSPS) is 11.0. The summed E-state index contributed by atoms with van der Waals surface area (Å²) in [6.07, 6.45) is 2.01. The Hall–Kier alpha value is -2.92. The van der Waals surface area contributed by atoms with Crippen molar-refractivity contribution in [1.29, 1.82) is 5.26 Å². The first kappa shape index (κ1) is 15.5. The summed E-state index contributed by atoms with van der Waals surface area (Å²) in [5.74, 6) is -1.22. The van der Waals surface area contributed by atoms with Gasteiger partial charge in [-0.15, -0.1) is 10.2 Å². The van der Waals surface area contributed by atoms with Crippen molar-refractivity contribution >= 4 is 28.5 Å². The molecule has 1 aromatic carbocycles. The molecule has 1 aromatic heterocycles. The minimum atomic E-state index is -0.617. The molecule has 0 fully saturated rings. The average Bonchev–Trinajstić information content (AvgIpc) is 2.95. The first-order chi connectivity index (χ1) is 10.5. The van der Waals surface area contributed by atoms with E-state index in [0.717, 1.165) is 5.01 Å². The van der Waals surface area contributed by atoms with E-state index >= 15 is 0 Å². The number of hydrogen-bond donors (Lipinski definition) is 3. The minimum absolute atomic E-state index is 0.154. The van der Waals surface area contributed by atoms with Crippen molar-refractivity contribution < 1.29 is 15.0 Å². The number of nitriles is 1. The summed E-state index contributed by atoms with van der Waals surface area (Å²) in [7, 11) is 0. The Morgan fingerprint density at radius 3 is 2.77 bits per heavy atom. The van der Waals surface area contributed by atoms with E-state index in [2.05, 4.69) is 15.5 Å². The molecule has 0 aliphatic rings. The summed E-state index contributed by atoms with van der Waals surface area (Å²) < 4.78 is 0. The number of amides is 1. The molecule has 8 heteroatoms. The average molecular weight is 316 g/mol. The topological polar surface area (TPSA) is 119 Å². The number of hydrogen-bond acceptors (Lipinski definition) is 7. The van der Waals surface area contributed by atoms with Crippen LogP contribution >= 0.6 is 11.3 Å². The third-order valence-corrected chi connectivity index (χ3v) is 3.65. The molecule has 7 nitrogen and oxygen atoms in total. The minimum Gasteiger partial charge on any atom is -0.504 e. The Balaban J connectivity index is 2.19. The molecule has 0 bridgehead atoms. The maximum absolute atomic E-state index is 12.0. The molecule has 1 amide bonds. The molecule has 0 saturated heterocycles. The Morgan fingerprint density at radius 2 is 2.18 bits per heavy atom. The fourth-order valence-corrected chi connectivity index (χ4v) is 2.23. The molecule has 0 aliphatic heterocycles. The molecule has 0 atom stereocenters. The summed E-state index contributed by atoms with van der Waals surface area (Å²) >= 11 is 1.24. The fraction of sp³-hybridized carbons (Fsp3) is 0.143. The zero-order chi connectivity index (χ0) is 16.1. The standard InChI is InChI=1S/C14H12N4O3S/c1-2-12-17-18-14(22-12)16-13(21)9(7-15)5-8-3-4-10(19)11(20)6-8/h3-6,19-20H,2H2,1H3,(H,16,18,21). The number of nitrogens with zero attached hydrogens (tertiary/aromatic N) is 3. The highest BCUT2D eigenvalue weighted by molar-refractivity contribution is 7.15. The second kappa shape index (κ2) is 6.69. The van der Waals surface area contributed by atoms with Crippen LogP contribution in [0.25, 0.3) is 6.08 Å². The van der Waals surface area contributed by atoms with Crippen LogP contribution in [0.4, 0.5) is 5.13 Å². The van der Waals surface area contributed by atoms with E-state index in [1.165, 1.54) is 35.6 Å².